The van der Waals surface area contributed by atoms with Gasteiger partial charge in [-0.25, -0.2) is 9.97 Å². The Morgan fingerprint density at radius 2 is 2.31 bits per heavy atom. The molecule has 0 saturated heterocycles. The maximum Gasteiger partial charge on any atom is 0.221 e. The van der Waals surface area contributed by atoms with E-state index < -0.39 is 0 Å². The van der Waals surface area contributed by atoms with Crippen molar-refractivity contribution in [1.82, 2.24) is 9.97 Å². The second kappa shape index (κ2) is 6.82. The molecule has 2 N–H and O–H groups in total. The molecule has 4 nitrogen and oxygen atoms in total. The van der Waals surface area contributed by atoms with Crippen LogP contribution in [0.5, 0.6) is 5.88 Å². The highest BCUT2D eigenvalue weighted by Gasteiger charge is 2.08. The number of nitrogen functional groups attached to an aromatic ring is 1. The fourth-order valence-electron chi connectivity index (χ4n) is 1.41. The molecule has 0 aliphatic carbocycles. The fraction of sp³-hybridized carbons (Fsp3) is 0.500. The van der Waals surface area contributed by atoms with Gasteiger partial charge in [-0.05, 0) is 19.3 Å². The molecule has 88 valence electrons. The zero-order chi connectivity index (χ0) is 11.8. The lowest BCUT2D eigenvalue weighted by atomic mass is 10.2. The summed E-state index contributed by atoms with van der Waals surface area (Å²) in [5.74, 6) is 1.15. The third-order valence-corrected chi connectivity index (χ3v) is 2.23. The van der Waals surface area contributed by atoms with Gasteiger partial charge in [-0.3, -0.25) is 0 Å². The molecule has 16 heavy (non-hydrogen) atoms. The van der Waals surface area contributed by atoms with Crippen LogP contribution >= 0.6 is 0 Å². The first-order valence-electron chi connectivity index (χ1n) is 5.62. The van der Waals surface area contributed by atoms with Crippen molar-refractivity contribution in [3.8, 4) is 5.88 Å². The third kappa shape index (κ3) is 3.53. The van der Waals surface area contributed by atoms with Crippen LogP contribution in [0.2, 0.25) is 0 Å². The highest BCUT2D eigenvalue weighted by Crippen LogP contribution is 2.21. The molecule has 0 saturated carbocycles. The molecule has 0 amide bonds. The second-order valence-corrected chi connectivity index (χ2v) is 3.57. The summed E-state index contributed by atoms with van der Waals surface area (Å²) in [7, 11) is 0. The van der Waals surface area contributed by atoms with Gasteiger partial charge in [0, 0.05) is 0 Å². The van der Waals surface area contributed by atoms with Gasteiger partial charge in [0.1, 0.15) is 12.1 Å². The molecule has 0 unspecified atom stereocenters. The van der Waals surface area contributed by atoms with Crippen LogP contribution in [0.3, 0.4) is 0 Å². The quantitative estimate of drug-likeness (QED) is 0.567. The minimum atomic E-state index is 0.524. The van der Waals surface area contributed by atoms with E-state index in [0.717, 1.165) is 31.2 Å². The number of anilines is 1. The minimum absolute atomic E-state index is 0.524. The summed E-state index contributed by atoms with van der Waals surface area (Å²) >= 11 is 0. The Hall–Kier alpha value is -1.58. The molecule has 0 bridgehead atoms. The molecule has 1 rings (SSSR count). The molecule has 0 atom stereocenters. The summed E-state index contributed by atoms with van der Waals surface area (Å²) < 4.78 is 5.59. The summed E-state index contributed by atoms with van der Waals surface area (Å²) in [6.07, 6.45) is 7.06. The summed E-state index contributed by atoms with van der Waals surface area (Å²) in [5.41, 5.74) is 6.71. The second-order valence-electron chi connectivity index (χ2n) is 3.57. The van der Waals surface area contributed by atoms with Crippen molar-refractivity contribution in [1.29, 1.82) is 0 Å². The number of unbranched alkanes of at least 4 members (excludes halogenated alkanes) is 1. The molecule has 0 aromatic carbocycles. The van der Waals surface area contributed by atoms with E-state index in [2.05, 4.69) is 23.5 Å². The van der Waals surface area contributed by atoms with Crippen LogP contribution in [-0.4, -0.2) is 16.6 Å². The highest BCUT2D eigenvalue weighted by atomic mass is 16.5. The van der Waals surface area contributed by atoms with E-state index in [1.807, 2.05) is 6.08 Å². The lowest BCUT2D eigenvalue weighted by Gasteiger charge is -2.10. The van der Waals surface area contributed by atoms with E-state index in [1.165, 1.54) is 6.33 Å². The maximum atomic E-state index is 5.79. The summed E-state index contributed by atoms with van der Waals surface area (Å²) in [6.45, 7) is 6.39. The molecular weight excluding hydrogens is 202 g/mol. The molecule has 1 heterocycles. The zero-order valence-corrected chi connectivity index (χ0v) is 9.78. The molecule has 0 radical (unpaired) electrons. The van der Waals surface area contributed by atoms with Crippen molar-refractivity contribution in [2.75, 3.05) is 12.3 Å². The molecule has 0 aliphatic rings. The molecule has 0 aliphatic heterocycles. The van der Waals surface area contributed by atoms with E-state index in [-0.39, 0.29) is 0 Å². The Balaban J connectivity index is 2.63. The van der Waals surface area contributed by atoms with Gasteiger partial charge in [0.15, 0.2) is 0 Å². The normalized spacial score (nSPS) is 10.1. The number of aromatic nitrogens is 2. The summed E-state index contributed by atoms with van der Waals surface area (Å²) in [4.78, 5) is 8.09. The third-order valence-electron chi connectivity index (χ3n) is 2.23. The molecular formula is C12H19N3O. The predicted molar refractivity (Wildman–Crippen MR) is 65.4 cm³/mol. The number of ether oxygens (including phenoxy) is 1. The van der Waals surface area contributed by atoms with Gasteiger partial charge in [-0.2, -0.15) is 0 Å². The number of hydrogen-bond acceptors (Lipinski definition) is 4. The van der Waals surface area contributed by atoms with Crippen LogP contribution in [0, 0.1) is 0 Å². The number of nitrogens with two attached hydrogens (primary N) is 1. The van der Waals surface area contributed by atoms with E-state index in [0.29, 0.717) is 18.3 Å². The van der Waals surface area contributed by atoms with Crippen molar-refractivity contribution in [3.05, 3.63) is 24.5 Å². The Morgan fingerprint density at radius 3 is 3.00 bits per heavy atom. The van der Waals surface area contributed by atoms with Gasteiger partial charge in [-0.15, -0.1) is 6.58 Å². The van der Waals surface area contributed by atoms with Gasteiger partial charge >= 0.3 is 0 Å². The average Bonchev–Trinajstić information content (AvgIpc) is 2.29. The summed E-state index contributed by atoms with van der Waals surface area (Å²) in [5, 5.41) is 0. The monoisotopic (exact) mass is 221 g/mol. The lowest BCUT2D eigenvalue weighted by molar-refractivity contribution is 0.296. The van der Waals surface area contributed by atoms with E-state index >= 15 is 0 Å². The molecule has 0 fully saturated rings. The zero-order valence-electron chi connectivity index (χ0n) is 9.78. The van der Waals surface area contributed by atoms with Gasteiger partial charge in [0.05, 0.1) is 12.2 Å². The Morgan fingerprint density at radius 1 is 1.50 bits per heavy atom. The molecule has 1 aromatic rings. The Kier molecular flexibility index (Phi) is 5.32. The first kappa shape index (κ1) is 12.5. The Labute approximate surface area is 96.6 Å². The van der Waals surface area contributed by atoms with Crippen molar-refractivity contribution in [2.45, 2.75) is 32.6 Å². The van der Waals surface area contributed by atoms with Crippen LogP contribution in [-0.2, 0) is 6.42 Å². The van der Waals surface area contributed by atoms with Crippen molar-refractivity contribution in [2.24, 2.45) is 0 Å². The Bertz CT molecular complexity index is 339. The van der Waals surface area contributed by atoms with Gasteiger partial charge < -0.3 is 10.5 Å². The number of nitrogens with zero attached hydrogens (tertiary/aromatic N) is 2. The lowest BCUT2D eigenvalue weighted by Crippen LogP contribution is -2.06. The van der Waals surface area contributed by atoms with Crippen LogP contribution in [0.1, 0.15) is 31.7 Å². The topological polar surface area (TPSA) is 61.0 Å². The van der Waals surface area contributed by atoms with Crippen molar-refractivity contribution < 1.29 is 4.74 Å². The average molecular weight is 221 g/mol. The maximum absolute atomic E-state index is 5.79. The SMILES string of the molecule is C=CCCCOc1ncnc(N)c1CCC. The number of hydrogen-bond donors (Lipinski definition) is 1. The van der Waals surface area contributed by atoms with Crippen LogP contribution in [0.4, 0.5) is 5.82 Å². The van der Waals surface area contributed by atoms with Crippen LogP contribution < -0.4 is 10.5 Å². The van der Waals surface area contributed by atoms with E-state index in [4.69, 9.17) is 10.5 Å². The van der Waals surface area contributed by atoms with Crippen LogP contribution in [0.15, 0.2) is 19.0 Å². The van der Waals surface area contributed by atoms with Crippen LogP contribution in [0.25, 0.3) is 0 Å². The smallest absolute Gasteiger partial charge is 0.221 e. The highest BCUT2D eigenvalue weighted by molar-refractivity contribution is 5.44. The van der Waals surface area contributed by atoms with Crippen molar-refractivity contribution in [3.63, 3.8) is 0 Å². The fourth-order valence-corrected chi connectivity index (χ4v) is 1.41. The number of allylic oxidation sites excluding steroid dienone is 1. The first-order chi connectivity index (χ1) is 7.79. The standard InChI is InChI=1S/C12H19N3O/c1-3-5-6-8-16-12-10(7-4-2)11(13)14-9-15-12/h3,9H,1,4-8H2,2H3,(H2,13,14,15). The van der Waals surface area contributed by atoms with Gasteiger partial charge in [0.2, 0.25) is 5.88 Å². The molecule has 1 aromatic heterocycles. The van der Waals surface area contributed by atoms with Gasteiger partial charge in [-0.1, -0.05) is 19.4 Å². The van der Waals surface area contributed by atoms with E-state index in [1.54, 1.807) is 0 Å². The van der Waals surface area contributed by atoms with E-state index in [9.17, 15) is 0 Å². The minimum Gasteiger partial charge on any atom is -0.477 e. The van der Waals surface area contributed by atoms with Crippen molar-refractivity contribution >= 4 is 5.82 Å². The number of rotatable bonds is 7. The largest absolute Gasteiger partial charge is 0.477 e. The summed E-state index contributed by atoms with van der Waals surface area (Å²) in [6, 6.07) is 0. The first-order valence-corrected chi connectivity index (χ1v) is 5.62. The molecule has 4 heteroatoms. The predicted octanol–water partition coefficient (Wildman–Crippen LogP) is 2.36. The van der Waals surface area contributed by atoms with Gasteiger partial charge in [0.25, 0.3) is 0 Å². The molecule has 0 spiro atoms.